The SMILES string of the molecule is CCC1(C(=O)NCC2(CCOC)CC2)CCNC1. The van der Waals surface area contributed by atoms with Crippen LogP contribution in [0, 0.1) is 10.8 Å². The van der Waals surface area contributed by atoms with Crippen molar-refractivity contribution >= 4 is 5.91 Å². The second-order valence-corrected chi connectivity index (χ2v) is 5.99. The predicted octanol–water partition coefficient (Wildman–Crippen LogP) is 1.31. The number of hydrogen-bond donors (Lipinski definition) is 2. The monoisotopic (exact) mass is 254 g/mol. The van der Waals surface area contributed by atoms with Crippen molar-refractivity contribution in [2.24, 2.45) is 10.8 Å². The van der Waals surface area contributed by atoms with Crippen molar-refractivity contribution in [3.63, 3.8) is 0 Å². The molecule has 0 radical (unpaired) electrons. The third-order valence-corrected chi connectivity index (χ3v) is 4.82. The lowest BCUT2D eigenvalue weighted by atomic mass is 9.83. The molecule has 104 valence electrons. The molecule has 1 aliphatic heterocycles. The van der Waals surface area contributed by atoms with Crippen LogP contribution in [0.15, 0.2) is 0 Å². The maximum absolute atomic E-state index is 12.4. The molecule has 1 amide bonds. The van der Waals surface area contributed by atoms with Crippen molar-refractivity contribution < 1.29 is 9.53 Å². The van der Waals surface area contributed by atoms with Gasteiger partial charge < -0.3 is 15.4 Å². The van der Waals surface area contributed by atoms with Gasteiger partial charge in [-0.1, -0.05) is 6.92 Å². The number of amides is 1. The first kappa shape index (κ1) is 13.8. The van der Waals surface area contributed by atoms with E-state index in [1.165, 1.54) is 12.8 Å². The van der Waals surface area contributed by atoms with Gasteiger partial charge in [0.2, 0.25) is 5.91 Å². The van der Waals surface area contributed by atoms with Crippen LogP contribution in [0.2, 0.25) is 0 Å². The number of ether oxygens (including phenoxy) is 1. The van der Waals surface area contributed by atoms with E-state index in [1.54, 1.807) is 7.11 Å². The largest absolute Gasteiger partial charge is 0.385 e. The summed E-state index contributed by atoms with van der Waals surface area (Å²) < 4.78 is 5.14. The van der Waals surface area contributed by atoms with Crippen molar-refractivity contribution in [3.05, 3.63) is 0 Å². The van der Waals surface area contributed by atoms with Gasteiger partial charge in [-0.25, -0.2) is 0 Å². The van der Waals surface area contributed by atoms with Crippen molar-refractivity contribution in [2.45, 2.75) is 39.0 Å². The molecule has 1 atom stereocenters. The number of nitrogens with one attached hydrogen (secondary N) is 2. The Morgan fingerprint density at radius 2 is 2.17 bits per heavy atom. The number of carbonyl (C=O) groups is 1. The molecule has 0 aromatic carbocycles. The first-order valence-corrected chi connectivity index (χ1v) is 7.14. The summed E-state index contributed by atoms with van der Waals surface area (Å²) in [6.45, 7) is 5.55. The van der Waals surface area contributed by atoms with Crippen LogP contribution in [0.3, 0.4) is 0 Å². The lowest BCUT2D eigenvalue weighted by Crippen LogP contribution is -2.44. The van der Waals surface area contributed by atoms with Crippen molar-refractivity contribution in [1.82, 2.24) is 10.6 Å². The van der Waals surface area contributed by atoms with E-state index >= 15 is 0 Å². The van der Waals surface area contributed by atoms with Crippen LogP contribution in [-0.4, -0.2) is 39.3 Å². The molecule has 1 heterocycles. The van der Waals surface area contributed by atoms with E-state index in [2.05, 4.69) is 17.6 Å². The number of rotatable bonds is 7. The van der Waals surface area contributed by atoms with Gasteiger partial charge in [0.15, 0.2) is 0 Å². The standard InChI is InChI=1S/C14H26N2O2/c1-3-14(6-8-15-11-14)12(17)16-10-13(4-5-13)7-9-18-2/h15H,3-11H2,1-2H3,(H,16,17). The second-order valence-electron chi connectivity index (χ2n) is 5.99. The fraction of sp³-hybridized carbons (Fsp3) is 0.929. The summed E-state index contributed by atoms with van der Waals surface area (Å²) in [6, 6.07) is 0. The maximum atomic E-state index is 12.4. The highest BCUT2D eigenvalue weighted by Gasteiger charge is 2.44. The summed E-state index contributed by atoms with van der Waals surface area (Å²) in [5.74, 6) is 0.249. The zero-order chi connectivity index (χ0) is 13.1. The zero-order valence-corrected chi connectivity index (χ0v) is 11.7. The van der Waals surface area contributed by atoms with Crippen LogP contribution in [0.25, 0.3) is 0 Å². The van der Waals surface area contributed by atoms with Gasteiger partial charge >= 0.3 is 0 Å². The van der Waals surface area contributed by atoms with Gasteiger partial charge in [-0.15, -0.1) is 0 Å². The fourth-order valence-corrected chi connectivity index (χ4v) is 2.87. The Morgan fingerprint density at radius 1 is 1.39 bits per heavy atom. The van der Waals surface area contributed by atoms with Gasteiger partial charge in [-0.05, 0) is 44.1 Å². The van der Waals surface area contributed by atoms with Crippen molar-refractivity contribution in [2.75, 3.05) is 33.4 Å². The highest BCUT2D eigenvalue weighted by Crippen LogP contribution is 2.48. The molecule has 0 aromatic heterocycles. The third-order valence-electron chi connectivity index (χ3n) is 4.82. The van der Waals surface area contributed by atoms with Crippen LogP contribution in [0.5, 0.6) is 0 Å². The third kappa shape index (κ3) is 2.86. The minimum Gasteiger partial charge on any atom is -0.385 e. The molecule has 4 heteroatoms. The van der Waals surface area contributed by atoms with E-state index in [-0.39, 0.29) is 11.3 Å². The van der Waals surface area contributed by atoms with Crippen LogP contribution < -0.4 is 10.6 Å². The Bertz CT molecular complexity index is 294. The van der Waals surface area contributed by atoms with Gasteiger partial charge in [0.1, 0.15) is 0 Å². The molecule has 1 saturated heterocycles. The molecular weight excluding hydrogens is 228 g/mol. The Hall–Kier alpha value is -0.610. The van der Waals surface area contributed by atoms with Crippen molar-refractivity contribution in [3.8, 4) is 0 Å². The van der Waals surface area contributed by atoms with Crippen LogP contribution in [-0.2, 0) is 9.53 Å². The fourth-order valence-electron chi connectivity index (χ4n) is 2.87. The first-order chi connectivity index (χ1) is 8.66. The smallest absolute Gasteiger partial charge is 0.227 e. The Kier molecular flexibility index (Phi) is 4.28. The van der Waals surface area contributed by atoms with E-state index in [4.69, 9.17) is 4.74 Å². The maximum Gasteiger partial charge on any atom is 0.227 e. The van der Waals surface area contributed by atoms with E-state index in [0.717, 1.165) is 45.5 Å². The highest BCUT2D eigenvalue weighted by molar-refractivity contribution is 5.83. The van der Waals surface area contributed by atoms with Gasteiger partial charge in [0, 0.05) is 26.8 Å². The van der Waals surface area contributed by atoms with Gasteiger partial charge in [-0.2, -0.15) is 0 Å². The normalized spacial score (nSPS) is 29.2. The summed E-state index contributed by atoms with van der Waals surface area (Å²) in [5, 5.41) is 6.50. The van der Waals surface area contributed by atoms with Gasteiger partial charge in [-0.3, -0.25) is 4.79 Å². The molecule has 1 unspecified atom stereocenters. The lowest BCUT2D eigenvalue weighted by Gasteiger charge is -2.26. The molecule has 0 aromatic rings. The molecule has 1 aliphatic carbocycles. The molecule has 2 rings (SSSR count). The number of methoxy groups -OCH3 is 1. The molecule has 18 heavy (non-hydrogen) atoms. The summed E-state index contributed by atoms with van der Waals surface area (Å²) in [7, 11) is 1.74. The molecule has 2 fully saturated rings. The molecular formula is C14H26N2O2. The predicted molar refractivity (Wildman–Crippen MR) is 71.4 cm³/mol. The zero-order valence-electron chi connectivity index (χ0n) is 11.7. The molecule has 0 bridgehead atoms. The van der Waals surface area contributed by atoms with Gasteiger partial charge in [0.25, 0.3) is 0 Å². The first-order valence-electron chi connectivity index (χ1n) is 7.14. The summed E-state index contributed by atoms with van der Waals surface area (Å²) in [5.41, 5.74) is 0.184. The van der Waals surface area contributed by atoms with Crippen molar-refractivity contribution in [1.29, 1.82) is 0 Å². The van der Waals surface area contributed by atoms with E-state index < -0.39 is 0 Å². The molecule has 0 spiro atoms. The van der Waals surface area contributed by atoms with Crippen LogP contribution in [0.4, 0.5) is 0 Å². The second kappa shape index (κ2) is 5.57. The number of carbonyl (C=O) groups excluding carboxylic acids is 1. The summed E-state index contributed by atoms with van der Waals surface area (Å²) in [6.07, 6.45) is 5.43. The van der Waals surface area contributed by atoms with E-state index in [1.807, 2.05) is 0 Å². The number of hydrogen-bond acceptors (Lipinski definition) is 3. The summed E-state index contributed by atoms with van der Waals surface area (Å²) in [4.78, 5) is 12.4. The van der Waals surface area contributed by atoms with Crippen LogP contribution >= 0.6 is 0 Å². The molecule has 4 nitrogen and oxygen atoms in total. The van der Waals surface area contributed by atoms with E-state index in [9.17, 15) is 4.79 Å². The van der Waals surface area contributed by atoms with E-state index in [0.29, 0.717) is 5.41 Å². The van der Waals surface area contributed by atoms with Crippen LogP contribution in [0.1, 0.15) is 39.0 Å². The minimum atomic E-state index is -0.155. The topological polar surface area (TPSA) is 50.4 Å². The highest BCUT2D eigenvalue weighted by atomic mass is 16.5. The molecule has 2 aliphatic rings. The minimum absolute atomic E-state index is 0.155. The molecule has 1 saturated carbocycles. The Labute approximate surface area is 110 Å². The average molecular weight is 254 g/mol. The average Bonchev–Trinajstić information content (AvgIpc) is 2.99. The Morgan fingerprint density at radius 3 is 2.67 bits per heavy atom. The Balaban J connectivity index is 1.81. The summed E-state index contributed by atoms with van der Waals surface area (Å²) >= 11 is 0. The quantitative estimate of drug-likeness (QED) is 0.720. The lowest BCUT2D eigenvalue weighted by molar-refractivity contribution is -0.130. The molecule has 2 N–H and O–H groups in total. The van der Waals surface area contributed by atoms with Gasteiger partial charge in [0.05, 0.1) is 5.41 Å².